The van der Waals surface area contributed by atoms with Crippen LogP contribution in [-0.4, -0.2) is 40.9 Å². The number of halogens is 1. The summed E-state index contributed by atoms with van der Waals surface area (Å²) in [7, 11) is 0. The summed E-state index contributed by atoms with van der Waals surface area (Å²) < 4.78 is 7.58. The fraction of sp³-hybridized carbons (Fsp3) is 0.464. The molecule has 2 aliphatic heterocycles. The van der Waals surface area contributed by atoms with Crippen molar-refractivity contribution >= 4 is 45.0 Å². The van der Waals surface area contributed by atoms with Crippen molar-refractivity contribution in [3.63, 3.8) is 0 Å². The topological polar surface area (TPSA) is 71.5 Å². The van der Waals surface area contributed by atoms with Gasteiger partial charge in [0.15, 0.2) is 0 Å². The molecule has 0 radical (unpaired) electrons. The van der Waals surface area contributed by atoms with E-state index in [1.807, 2.05) is 31.2 Å². The minimum atomic E-state index is -0.126. The molecule has 2 aromatic heterocycles. The van der Waals surface area contributed by atoms with Gasteiger partial charge in [-0.25, -0.2) is 0 Å². The average Bonchev–Trinajstić information content (AvgIpc) is 3.41. The van der Waals surface area contributed by atoms with Gasteiger partial charge in [-0.1, -0.05) is 24.4 Å². The zero-order valence-electron chi connectivity index (χ0n) is 20.4. The number of rotatable bonds is 5. The summed E-state index contributed by atoms with van der Waals surface area (Å²) in [6, 6.07) is 7.93. The van der Waals surface area contributed by atoms with Crippen molar-refractivity contribution < 1.29 is 14.3 Å². The van der Waals surface area contributed by atoms with Crippen LogP contribution in [0.25, 0.3) is 21.3 Å². The molecule has 1 aromatic carbocycles. The highest BCUT2D eigenvalue weighted by Gasteiger charge is 2.48. The monoisotopic (exact) mass is 523 g/mol. The number of carbonyl (C=O) groups is 2. The maximum absolute atomic E-state index is 13.0. The number of aromatic nitrogens is 1. The highest BCUT2D eigenvalue weighted by molar-refractivity contribution is 7.19. The number of likely N-dealkylation sites (tertiary alicyclic amines) is 1. The van der Waals surface area contributed by atoms with E-state index in [0.717, 1.165) is 89.1 Å². The zero-order chi connectivity index (χ0) is 24.8. The number of nitrogens with one attached hydrogen (secondary N) is 1. The number of piperidine rings is 1. The van der Waals surface area contributed by atoms with E-state index >= 15 is 0 Å². The first-order valence-corrected chi connectivity index (χ1v) is 14.1. The molecule has 1 aliphatic carbocycles. The predicted molar refractivity (Wildman–Crippen MR) is 142 cm³/mol. The van der Waals surface area contributed by atoms with Crippen LogP contribution in [0.5, 0.6) is 5.75 Å². The van der Waals surface area contributed by atoms with E-state index in [9.17, 15) is 9.59 Å². The number of nitrogens with zero attached hydrogens (tertiary/aromatic N) is 2. The molecule has 3 aromatic rings. The van der Waals surface area contributed by atoms with Gasteiger partial charge in [-0.05, 0) is 75.5 Å². The molecular formula is C28H30ClN3O3S. The molecule has 2 saturated heterocycles. The molecule has 188 valence electrons. The van der Waals surface area contributed by atoms with Crippen molar-refractivity contribution in [1.29, 1.82) is 0 Å². The Morgan fingerprint density at radius 3 is 2.50 bits per heavy atom. The Balaban J connectivity index is 1.35. The third-order valence-electron chi connectivity index (χ3n) is 7.81. The predicted octanol–water partition coefficient (Wildman–Crippen LogP) is 5.73. The number of carbonyl (C=O) groups excluding carboxylic acids is 2. The van der Waals surface area contributed by atoms with Gasteiger partial charge in [0.2, 0.25) is 11.8 Å². The van der Waals surface area contributed by atoms with Crippen LogP contribution in [0.2, 0.25) is 5.02 Å². The van der Waals surface area contributed by atoms with Crippen molar-refractivity contribution in [3.05, 3.63) is 45.9 Å². The quantitative estimate of drug-likeness (QED) is 0.432. The minimum absolute atomic E-state index is 0.00142. The lowest BCUT2D eigenvalue weighted by atomic mass is 9.81. The second-order valence-electron chi connectivity index (χ2n) is 10.2. The molecule has 2 amide bonds. The lowest BCUT2D eigenvalue weighted by Gasteiger charge is -2.26. The van der Waals surface area contributed by atoms with Crippen LogP contribution in [0, 0.1) is 18.8 Å². The van der Waals surface area contributed by atoms with Gasteiger partial charge in [0.05, 0.1) is 28.6 Å². The maximum atomic E-state index is 13.0. The summed E-state index contributed by atoms with van der Waals surface area (Å²) >= 11 is 8.11. The van der Waals surface area contributed by atoms with Crippen LogP contribution in [0.1, 0.15) is 49.0 Å². The standard InChI is InChI=1S/C28H30ClN3O3S/c1-16-12-17(29)13-23(25(16)35-18-6-9-30-10-7-18)20-8-11-31-24-14-19(36-26(20)24)15-32-27(33)21-4-2-3-5-22(21)28(32)34/h8,11-14,18,21-22,30H,2-7,9-10,15H2,1H3. The van der Waals surface area contributed by atoms with E-state index in [-0.39, 0.29) is 29.8 Å². The molecule has 8 heteroatoms. The molecule has 0 spiro atoms. The summed E-state index contributed by atoms with van der Waals surface area (Å²) in [6.07, 6.45) is 7.63. The summed E-state index contributed by atoms with van der Waals surface area (Å²) in [6.45, 7) is 4.26. The summed E-state index contributed by atoms with van der Waals surface area (Å²) in [4.78, 5) is 33.1. The van der Waals surface area contributed by atoms with Crippen LogP contribution >= 0.6 is 22.9 Å². The molecule has 2 atom stereocenters. The normalized spacial score (nSPS) is 22.9. The average molecular weight is 524 g/mol. The van der Waals surface area contributed by atoms with Crippen molar-refractivity contribution in [2.75, 3.05) is 13.1 Å². The second-order valence-corrected chi connectivity index (χ2v) is 11.8. The molecule has 3 aliphatic rings. The summed E-state index contributed by atoms with van der Waals surface area (Å²) in [5.41, 5.74) is 3.83. The van der Waals surface area contributed by atoms with Crippen LogP contribution in [-0.2, 0) is 16.1 Å². The Kier molecular flexibility index (Phi) is 6.48. The van der Waals surface area contributed by atoms with Crippen molar-refractivity contribution in [3.8, 4) is 16.9 Å². The first-order valence-electron chi connectivity index (χ1n) is 12.9. The number of fused-ring (bicyclic) bond motifs is 2. The van der Waals surface area contributed by atoms with Crippen LogP contribution in [0.15, 0.2) is 30.5 Å². The van der Waals surface area contributed by atoms with Gasteiger partial charge in [-0.2, -0.15) is 0 Å². The number of hydrogen-bond donors (Lipinski definition) is 1. The Hall–Kier alpha value is -2.48. The number of hydrogen-bond acceptors (Lipinski definition) is 6. The highest BCUT2D eigenvalue weighted by atomic mass is 35.5. The maximum Gasteiger partial charge on any atom is 0.233 e. The lowest BCUT2D eigenvalue weighted by Crippen LogP contribution is -2.34. The van der Waals surface area contributed by atoms with E-state index in [1.165, 1.54) is 4.90 Å². The number of ether oxygens (including phenoxy) is 1. The largest absolute Gasteiger partial charge is 0.489 e. The molecule has 2 unspecified atom stereocenters. The number of pyridine rings is 1. The van der Waals surface area contributed by atoms with Gasteiger partial charge in [0, 0.05) is 27.2 Å². The first kappa shape index (κ1) is 23.9. The molecule has 3 fully saturated rings. The number of amides is 2. The summed E-state index contributed by atoms with van der Waals surface area (Å²) in [5.74, 6) is 0.608. The fourth-order valence-corrected chi connectivity index (χ4v) is 7.39. The van der Waals surface area contributed by atoms with Crippen LogP contribution < -0.4 is 10.1 Å². The molecule has 36 heavy (non-hydrogen) atoms. The summed E-state index contributed by atoms with van der Waals surface area (Å²) in [5, 5.41) is 4.05. The van der Waals surface area contributed by atoms with Gasteiger partial charge in [0.25, 0.3) is 0 Å². The van der Waals surface area contributed by atoms with Crippen molar-refractivity contribution in [2.24, 2.45) is 11.8 Å². The third-order valence-corrected chi connectivity index (χ3v) is 9.17. The van der Waals surface area contributed by atoms with E-state index in [4.69, 9.17) is 16.3 Å². The Bertz CT molecular complexity index is 1310. The smallest absolute Gasteiger partial charge is 0.233 e. The molecule has 4 heterocycles. The van der Waals surface area contributed by atoms with E-state index in [0.29, 0.717) is 11.6 Å². The number of imide groups is 1. The Morgan fingerprint density at radius 1 is 1.06 bits per heavy atom. The first-order chi connectivity index (χ1) is 17.5. The van der Waals surface area contributed by atoms with Crippen molar-refractivity contribution in [1.82, 2.24) is 15.2 Å². The van der Waals surface area contributed by atoms with Crippen LogP contribution in [0.4, 0.5) is 0 Å². The molecule has 0 bridgehead atoms. The second kappa shape index (κ2) is 9.77. The lowest BCUT2D eigenvalue weighted by molar-refractivity contribution is -0.140. The van der Waals surface area contributed by atoms with E-state index in [2.05, 4.69) is 10.3 Å². The third kappa shape index (κ3) is 4.31. The Morgan fingerprint density at radius 2 is 1.78 bits per heavy atom. The van der Waals surface area contributed by atoms with Crippen molar-refractivity contribution in [2.45, 2.75) is 58.1 Å². The Labute approximate surface area is 220 Å². The van der Waals surface area contributed by atoms with Gasteiger partial charge in [-0.15, -0.1) is 11.3 Å². The number of aryl methyl sites for hydroxylation is 1. The zero-order valence-corrected chi connectivity index (χ0v) is 22.0. The number of thiophene rings is 1. The van der Waals surface area contributed by atoms with E-state index < -0.39 is 0 Å². The molecular weight excluding hydrogens is 494 g/mol. The van der Waals surface area contributed by atoms with Gasteiger partial charge < -0.3 is 10.1 Å². The molecule has 1 saturated carbocycles. The molecule has 1 N–H and O–H groups in total. The molecule has 6 nitrogen and oxygen atoms in total. The van der Waals surface area contributed by atoms with Crippen LogP contribution in [0.3, 0.4) is 0 Å². The van der Waals surface area contributed by atoms with Gasteiger partial charge in [-0.3, -0.25) is 19.5 Å². The number of benzene rings is 1. The minimum Gasteiger partial charge on any atom is -0.489 e. The SMILES string of the molecule is Cc1cc(Cl)cc(-c2ccnc3cc(CN4C(=O)C5CCCCC5C4=O)sc23)c1OC1CCNCC1. The van der Waals surface area contributed by atoms with E-state index in [1.54, 1.807) is 17.5 Å². The highest BCUT2D eigenvalue weighted by Crippen LogP contribution is 2.43. The fourth-order valence-electron chi connectivity index (χ4n) is 5.99. The molecule has 6 rings (SSSR count). The van der Waals surface area contributed by atoms with Gasteiger partial charge in [0.1, 0.15) is 11.9 Å². The van der Waals surface area contributed by atoms with Gasteiger partial charge >= 0.3 is 0 Å².